The lowest BCUT2D eigenvalue weighted by atomic mass is 9.97. The average Bonchev–Trinajstić information content (AvgIpc) is 2.80. The Hall–Kier alpha value is -0.750. The third-order valence-electron chi connectivity index (χ3n) is 4.17. The van der Waals surface area contributed by atoms with Crippen molar-refractivity contribution in [2.24, 2.45) is 0 Å². The molecule has 19 heavy (non-hydrogen) atoms. The van der Waals surface area contributed by atoms with Gasteiger partial charge in [-0.15, -0.1) is 0 Å². The maximum Gasteiger partial charge on any atom is 0.401 e. The Bertz CT molecular complexity index is 445. The van der Waals surface area contributed by atoms with E-state index in [4.69, 9.17) is 11.6 Å². The zero-order valence-electron chi connectivity index (χ0n) is 10.3. The predicted octanol–water partition coefficient (Wildman–Crippen LogP) is 3.27. The largest absolute Gasteiger partial charge is 0.401 e. The zero-order valence-corrected chi connectivity index (χ0v) is 11.0. The molecule has 0 aromatic carbocycles. The van der Waals surface area contributed by atoms with E-state index in [0.717, 1.165) is 25.7 Å². The number of nitrogens with zero attached hydrogens (tertiary/aromatic N) is 3. The highest BCUT2D eigenvalue weighted by Crippen LogP contribution is 2.42. The van der Waals surface area contributed by atoms with Crippen LogP contribution in [0.25, 0.3) is 0 Å². The maximum absolute atomic E-state index is 12.6. The average molecular weight is 294 g/mol. The Labute approximate surface area is 114 Å². The first-order chi connectivity index (χ1) is 8.92. The van der Waals surface area contributed by atoms with Crippen molar-refractivity contribution in [2.75, 3.05) is 6.54 Å². The number of hydrogen-bond donors (Lipinski definition) is 0. The van der Waals surface area contributed by atoms with Gasteiger partial charge in [0.1, 0.15) is 0 Å². The fourth-order valence-corrected chi connectivity index (χ4v) is 3.58. The molecule has 0 spiro atoms. The number of piperidine rings is 1. The molecule has 2 aliphatic heterocycles. The van der Waals surface area contributed by atoms with Crippen LogP contribution in [0.15, 0.2) is 12.4 Å². The zero-order chi connectivity index (χ0) is 13.6. The highest BCUT2D eigenvalue weighted by Gasteiger charge is 2.45. The second-order valence-electron chi connectivity index (χ2n) is 5.44. The fourth-order valence-electron chi connectivity index (χ4n) is 3.44. The molecule has 2 atom stereocenters. The summed E-state index contributed by atoms with van der Waals surface area (Å²) in [5, 5.41) is 4.75. The molecule has 3 nitrogen and oxygen atoms in total. The quantitative estimate of drug-likeness (QED) is 0.834. The highest BCUT2D eigenvalue weighted by atomic mass is 35.5. The Balaban J connectivity index is 1.71. The number of alkyl halides is 3. The van der Waals surface area contributed by atoms with Crippen LogP contribution in [-0.4, -0.2) is 39.5 Å². The number of aromatic nitrogens is 2. The van der Waals surface area contributed by atoms with E-state index in [1.165, 1.54) is 0 Å². The first-order valence-corrected chi connectivity index (χ1v) is 6.82. The third kappa shape index (κ3) is 2.74. The van der Waals surface area contributed by atoms with Crippen molar-refractivity contribution in [3.63, 3.8) is 0 Å². The van der Waals surface area contributed by atoms with Crippen molar-refractivity contribution in [1.82, 2.24) is 14.7 Å². The first-order valence-electron chi connectivity index (χ1n) is 6.44. The van der Waals surface area contributed by atoms with Gasteiger partial charge < -0.3 is 0 Å². The van der Waals surface area contributed by atoms with Crippen molar-refractivity contribution in [3.8, 4) is 0 Å². The standard InChI is InChI=1S/C12H15ClF3N3/c13-8-5-17-19(6-8)11-3-9-1-2-10(4-11)18(9)7-12(14,15)16/h5-6,9-11H,1-4,7H2. The molecule has 1 aromatic heterocycles. The minimum absolute atomic E-state index is 0.0216. The van der Waals surface area contributed by atoms with E-state index in [-0.39, 0.29) is 18.1 Å². The summed E-state index contributed by atoms with van der Waals surface area (Å²) in [6.45, 7) is -0.783. The summed E-state index contributed by atoms with van der Waals surface area (Å²) in [4.78, 5) is 1.63. The van der Waals surface area contributed by atoms with Crippen LogP contribution in [0.3, 0.4) is 0 Å². The van der Waals surface area contributed by atoms with Crippen molar-refractivity contribution in [3.05, 3.63) is 17.4 Å². The molecule has 7 heteroatoms. The Morgan fingerprint density at radius 1 is 1.21 bits per heavy atom. The van der Waals surface area contributed by atoms with E-state index in [9.17, 15) is 13.2 Å². The molecule has 0 saturated carbocycles. The molecule has 0 aliphatic carbocycles. The van der Waals surface area contributed by atoms with Gasteiger partial charge in [0.05, 0.1) is 23.8 Å². The van der Waals surface area contributed by atoms with Crippen LogP contribution in [-0.2, 0) is 0 Å². The Kier molecular flexibility index (Phi) is 3.25. The lowest BCUT2D eigenvalue weighted by Gasteiger charge is -2.39. The number of hydrogen-bond acceptors (Lipinski definition) is 2. The van der Waals surface area contributed by atoms with Crippen LogP contribution >= 0.6 is 11.6 Å². The summed E-state index contributed by atoms with van der Waals surface area (Å²) >= 11 is 5.84. The van der Waals surface area contributed by atoms with Crippen LogP contribution < -0.4 is 0 Å². The molecule has 106 valence electrons. The minimum atomic E-state index is -4.11. The summed E-state index contributed by atoms with van der Waals surface area (Å²) in [7, 11) is 0. The van der Waals surface area contributed by atoms with Crippen LogP contribution in [0.1, 0.15) is 31.7 Å². The van der Waals surface area contributed by atoms with Gasteiger partial charge in [-0.1, -0.05) is 11.6 Å². The van der Waals surface area contributed by atoms with Gasteiger partial charge in [0.2, 0.25) is 0 Å². The molecule has 0 radical (unpaired) electrons. The molecule has 2 aliphatic rings. The molecule has 2 saturated heterocycles. The van der Waals surface area contributed by atoms with Crippen LogP contribution in [0, 0.1) is 0 Å². The van der Waals surface area contributed by atoms with Crippen LogP contribution in [0.4, 0.5) is 13.2 Å². The summed E-state index contributed by atoms with van der Waals surface area (Å²) in [6.07, 6.45) is 2.38. The third-order valence-corrected chi connectivity index (χ3v) is 4.36. The van der Waals surface area contributed by atoms with Crippen molar-refractivity contribution >= 4 is 11.6 Å². The topological polar surface area (TPSA) is 21.1 Å². The number of rotatable bonds is 2. The lowest BCUT2D eigenvalue weighted by Crippen LogP contribution is -2.47. The Morgan fingerprint density at radius 2 is 1.84 bits per heavy atom. The van der Waals surface area contributed by atoms with E-state index in [1.807, 2.05) is 0 Å². The molecule has 3 heterocycles. The Morgan fingerprint density at radius 3 is 2.32 bits per heavy atom. The van der Waals surface area contributed by atoms with Gasteiger partial charge in [-0.3, -0.25) is 9.58 Å². The highest BCUT2D eigenvalue weighted by molar-refractivity contribution is 6.30. The van der Waals surface area contributed by atoms with E-state index in [0.29, 0.717) is 5.02 Å². The summed E-state index contributed by atoms with van der Waals surface area (Å²) < 4.78 is 39.5. The van der Waals surface area contributed by atoms with E-state index < -0.39 is 12.7 Å². The van der Waals surface area contributed by atoms with Crippen molar-refractivity contribution < 1.29 is 13.2 Å². The molecule has 3 rings (SSSR count). The second kappa shape index (κ2) is 4.66. The lowest BCUT2D eigenvalue weighted by molar-refractivity contribution is -0.156. The molecule has 2 fully saturated rings. The molecule has 1 aromatic rings. The number of halogens is 4. The van der Waals surface area contributed by atoms with Gasteiger partial charge >= 0.3 is 6.18 Å². The molecular formula is C12H15ClF3N3. The summed E-state index contributed by atoms with van der Waals surface area (Å²) in [5.41, 5.74) is 0. The van der Waals surface area contributed by atoms with Crippen molar-refractivity contribution in [1.29, 1.82) is 0 Å². The van der Waals surface area contributed by atoms with Gasteiger partial charge in [0.25, 0.3) is 0 Å². The SMILES string of the molecule is FC(F)(F)CN1C2CCC1CC(n1cc(Cl)cn1)C2. The summed E-state index contributed by atoms with van der Waals surface area (Å²) in [6, 6.07) is 0.219. The maximum atomic E-state index is 12.6. The first kappa shape index (κ1) is 13.2. The van der Waals surface area contributed by atoms with Crippen LogP contribution in [0.5, 0.6) is 0 Å². The molecular weight excluding hydrogens is 279 g/mol. The predicted molar refractivity (Wildman–Crippen MR) is 65.1 cm³/mol. The van der Waals surface area contributed by atoms with Gasteiger partial charge in [-0.2, -0.15) is 18.3 Å². The smallest absolute Gasteiger partial charge is 0.289 e. The van der Waals surface area contributed by atoms with Gasteiger partial charge in [-0.25, -0.2) is 0 Å². The second-order valence-corrected chi connectivity index (χ2v) is 5.87. The van der Waals surface area contributed by atoms with E-state index in [2.05, 4.69) is 5.10 Å². The van der Waals surface area contributed by atoms with E-state index >= 15 is 0 Å². The van der Waals surface area contributed by atoms with Gasteiger partial charge in [-0.05, 0) is 25.7 Å². The molecule has 0 amide bonds. The van der Waals surface area contributed by atoms with Gasteiger partial charge in [0.15, 0.2) is 0 Å². The minimum Gasteiger partial charge on any atom is -0.289 e. The van der Waals surface area contributed by atoms with Gasteiger partial charge in [0, 0.05) is 18.3 Å². The molecule has 2 bridgehead atoms. The summed E-state index contributed by atoms with van der Waals surface area (Å²) in [5.74, 6) is 0. The normalized spacial score (nSPS) is 31.9. The van der Waals surface area contributed by atoms with Crippen LogP contribution in [0.2, 0.25) is 5.02 Å². The monoisotopic (exact) mass is 293 g/mol. The van der Waals surface area contributed by atoms with Crippen molar-refractivity contribution in [2.45, 2.75) is 50.0 Å². The van der Waals surface area contributed by atoms with E-state index in [1.54, 1.807) is 22.0 Å². The fraction of sp³-hybridized carbons (Fsp3) is 0.750. The molecule has 2 unspecified atom stereocenters. The molecule has 0 N–H and O–H groups in total. The number of fused-ring (bicyclic) bond motifs is 2.